The Balaban J connectivity index is 1.54. The Morgan fingerprint density at radius 3 is 2.12 bits per heavy atom. The first-order valence-corrected chi connectivity index (χ1v) is 11.3. The van der Waals surface area contributed by atoms with E-state index in [2.05, 4.69) is 37.3 Å². The molecular weight excluding hydrogens is 428 g/mol. The van der Waals surface area contributed by atoms with Crippen molar-refractivity contribution in [3.63, 3.8) is 0 Å². The normalized spacial score (nSPS) is 14.4. The molecular formula is C28H30N2O4. The van der Waals surface area contributed by atoms with E-state index in [1.165, 1.54) is 5.56 Å². The standard InChI is InChI=1S/C28H30N2O4/c1-19-4-11-23(12-5-19)30-24(13-7-21-9-15-26(32)28(17-21)34-3)18-22(29-30)10-6-20-8-14-25(31)27(16-20)33-2/h4-5,8-9,11-17,31-32H,6-7,10,18H2,1-3H3. The highest BCUT2D eigenvalue weighted by Gasteiger charge is 2.22. The topological polar surface area (TPSA) is 74.5 Å². The molecule has 176 valence electrons. The van der Waals surface area contributed by atoms with Crippen molar-refractivity contribution in [1.82, 2.24) is 0 Å². The molecule has 1 aliphatic rings. The van der Waals surface area contributed by atoms with Crippen LogP contribution in [0.1, 0.15) is 29.5 Å². The van der Waals surface area contributed by atoms with Crippen LogP contribution in [-0.2, 0) is 12.8 Å². The molecule has 3 aromatic rings. The summed E-state index contributed by atoms with van der Waals surface area (Å²) in [5, 5.41) is 26.7. The number of methoxy groups -OCH3 is 2. The van der Waals surface area contributed by atoms with Crippen LogP contribution in [0.3, 0.4) is 0 Å². The van der Waals surface area contributed by atoms with E-state index in [0.29, 0.717) is 17.9 Å². The Kier molecular flexibility index (Phi) is 7.07. The van der Waals surface area contributed by atoms with Crippen molar-refractivity contribution in [1.29, 1.82) is 0 Å². The summed E-state index contributed by atoms with van der Waals surface area (Å²) < 4.78 is 10.5. The highest BCUT2D eigenvalue weighted by atomic mass is 16.5. The third-order valence-corrected chi connectivity index (χ3v) is 5.94. The molecule has 6 nitrogen and oxygen atoms in total. The van der Waals surface area contributed by atoms with Gasteiger partial charge in [0.2, 0.25) is 0 Å². The Bertz CT molecular complexity index is 1220. The highest BCUT2D eigenvalue weighted by Crippen LogP contribution is 2.32. The maximum absolute atomic E-state index is 9.87. The minimum absolute atomic E-state index is 0.137. The molecule has 0 aliphatic carbocycles. The zero-order valence-electron chi connectivity index (χ0n) is 19.8. The van der Waals surface area contributed by atoms with E-state index >= 15 is 0 Å². The van der Waals surface area contributed by atoms with Crippen LogP contribution in [0.5, 0.6) is 23.0 Å². The second kappa shape index (κ2) is 10.3. The molecule has 0 fully saturated rings. The zero-order chi connectivity index (χ0) is 24.1. The van der Waals surface area contributed by atoms with Gasteiger partial charge < -0.3 is 19.7 Å². The smallest absolute Gasteiger partial charge is 0.160 e. The van der Waals surface area contributed by atoms with Gasteiger partial charge in [-0.05, 0) is 73.7 Å². The van der Waals surface area contributed by atoms with Crippen molar-refractivity contribution >= 4 is 11.4 Å². The van der Waals surface area contributed by atoms with Crippen LogP contribution in [-0.4, -0.2) is 30.1 Å². The molecule has 0 radical (unpaired) electrons. The summed E-state index contributed by atoms with van der Waals surface area (Å²) in [5.74, 6) is 1.24. The van der Waals surface area contributed by atoms with Gasteiger partial charge in [0, 0.05) is 17.8 Å². The molecule has 0 saturated carbocycles. The summed E-state index contributed by atoms with van der Waals surface area (Å²) >= 11 is 0. The first-order valence-electron chi connectivity index (χ1n) is 11.3. The molecule has 2 N–H and O–H groups in total. The predicted octanol–water partition coefficient (Wildman–Crippen LogP) is 5.75. The fraction of sp³-hybridized carbons (Fsp3) is 0.250. The lowest BCUT2D eigenvalue weighted by molar-refractivity contribution is 0.373. The second-order valence-electron chi connectivity index (χ2n) is 8.40. The summed E-state index contributed by atoms with van der Waals surface area (Å²) in [4.78, 5) is 0. The van der Waals surface area contributed by atoms with Crippen molar-refractivity contribution in [2.24, 2.45) is 5.10 Å². The van der Waals surface area contributed by atoms with Crippen molar-refractivity contribution in [3.8, 4) is 23.0 Å². The van der Waals surface area contributed by atoms with E-state index < -0.39 is 0 Å². The number of nitrogens with zero attached hydrogens (tertiary/aromatic N) is 2. The van der Waals surface area contributed by atoms with Gasteiger partial charge in [-0.15, -0.1) is 0 Å². The molecule has 0 bridgehead atoms. The number of hydrazone groups is 1. The van der Waals surface area contributed by atoms with Crippen molar-refractivity contribution in [2.45, 2.75) is 32.6 Å². The predicted molar refractivity (Wildman–Crippen MR) is 135 cm³/mol. The van der Waals surface area contributed by atoms with Gasteiger partial charge in [-0.25, -0.2) is 5.01 Å². The Hall–Kier alpha value is -3.93. The molecule has 6 heteroatoms. The molecule has 1 heterocycles. The number of hydrogen-bond acceptors (Lipinski definition) is 6. The molecule has 0 amide bonds. The van der Waals surface area contributed by atoms with E-state index in [4.69, 9.17) is 14.6 Å². The Morgan fingerprint density at radius 1 is 0.853 bits per heavy atom. The number of phenols is 2. The van der Waals surface area contributed by atoms with Gasteiger partial charge in [0.15, 0.2) is 23.0 Å². The van der Waals surface area contributed by atoms with Crippen molar-refractivity contribution in [2.75, 3.05) is 19.2 Å². The molecule has 0 atom stereocenters. The summed E-state index contributed by atoms with van der Waals surface area (Å²) in [6.07, 6.45) is 5.26. The summed E-state index contributed by atoms with van der Waals surface area (Å²) in [6, 6.07) is 19.2. The highest BCUT2D eigenvalue weighted by molar-refractivity contribution is 5.91. The number of aromatic hydroxyl groups is 2. The lowest BCUT2D eigenvalue weighted by Crippen LogP contribution is -2.10. The average Bonchev–Trinajstić information content (AvgIpc) is 3.26. The van der Waals surface area contributed by atoms with Crippen LogP contribution < -0.4 is 14.5 Å². The molecule has 4 rings (SSSR count). The van der Waals surface area contributed by atoms with Gasteiger partial charge in [0.1, 0.15) is 0 Å². The lowest BCUT2D eigenvalue weighted by atomic mass is 10.0. The van der Waals surface area contributed by atoms with Crippen LogP contribution in [0.15, 0.2) is 77.5 Å². The molecule has 34 heavy (non-hydrogen) atoms. The van der Waals surface area contributed by atoms with Crippen LogP contribution >= 0.6 is 0 Å². The van der Waals surface area contributed by atoms with Crippen LogP contribution in [0, 0.1) is 6.92 Å². The number of rotatable bonds is 8. The quantitative estimate of drug-likeness (QED) is 0.450. The fourth-order valence-electron chi connectivity index (χ4n) is 3.98. The van der Waals surface area contributed by atoms with E-state index in [9.17, 15) is 10.2 Å². The van der Waals surface area contributed by atoms with Crippen molar-refractivity contribution < 1.29 is 19.7 Å². The van der Waals surface area contributed by atoms with Gasteiger partial charge in [-0.3, -0.25) is 0 Å². The first-order chi connectivity index (χ1) is 16.5. The molecule has 0 spiro atoms. The molecule has 1 aliphatic heterocycles. The molecule has 0 aromatic heterocycles. The molecule has 3 aromatic carbocycles. The largest absolute Gasteiger partial charge is 0.504 e. The summed E-state index contributed by atoms with van der Waals surface area (Å²) in [7, 11) is 3.11. The van der Waals surface area contributed by atoms with Gasteiger partial charge in [-0.1, -0.05) is 35.9 Å². The van der Waals surface area contributed by atoms with E-state index in [-0.39, 0.29) is 11.5 Å². The van der Waals surface area contributed by atoms with Gasteiger partial charge in [0.05, 0.1) is 19.9 Å². The molecule has 0 saturated heterocycles. The van der Waals surface area contributed by atoms with Crippen LogP contribution in [0.2, 0.25) is 0 Å². The number of aryl methyl sites for hydroxylation is 2. The number of anilines is 1. The monoisotopic (exact) mass is 458 g/mol. The zero-order valence-corrected chi connectivity index (χ0v) is 19.8. The van der Waals surface area contributed by atoms with Gasteiger partial charge >= 0.3 is 0 Å². The maximum Gasteiger partial charge on any atom is 0.160 e. The number of phenolic OH excluding ortho intramolecular Hbond substituents is 2. The second-order valence-corrected chi connectivity index (χ2v) is 8.40. The first kappa shape index (κ1) is 23.2. The third-order valence-electron chi connectivity index (χ3n) is 5.94. The summed E-state index contributed by atoms with van der Waals surface area (Å²) in [6.45, 7) is 2.07. The van der Waals surface area contributed by atoms with E-state index in [1.54, 1.807) is 26.4 Å². The SMILES string of the molecule is COc1cc(CC=C2CC(CCc3ccc(O)c(OC)c3)=NN2c2ccc(C)cc2)ccc1O. The van der Waals surface area contributed by atoms with Gasteiger partial charge in [-0.2, -0.15) is 5.10 Å². The minimum atomic E-state index is 0.137. The third kappa shape index (κ3) is 5.34. The number of hydrogen-bond donors (Lipinski definition) is 2. The van der Waals surface area contributed by atoms with E-state index in [0.717, 1.165) is 47.5 Å². The average molecular weight is 459 g/mol. The van der Waals surface area contributed by atoms with Crippen LogP contribution in [0.4, 0.5) is 5.69 Å². The van der Waals surface area contributed by atoms with Gasteiger partial charge in [0.25, 0.3) is 0 Å². The minimum Gasteiger partial charge on any atom is -0.504 e. The van der Waals surface area contributed by atoms with Crippen molar-refractivity contribution in [3.05, 3.63) is 89.1 Å². The summed E-state index contributed by atoms with van der Waals surface area (Å²) in [5.41, 5.74) is 6.59. The number of ether oxygens (including phenoxy) is 2. The van der Waals surface area contributed by atoms with Crippen LogP contribution in [0.25, 0.3) is 0 Å². The fourth-order valence-corrected chi connectivity index (χ4v) is 3.98. The maximum atomic E-state index is 9.87. The Morgan fingerprint density at radius 2 is 1.47 bits per heavy atom. The lowest BCUT2D eigenvalue weighted by Gasteiger charge is -2.17. The van der Waals surface area contributed by atoms with E-state index in [1.807, 2.05) is 29.3 Å². The Labute approximate surface area is 200 Å². The number of allylic oxidation sites excluding steroid dienone is 2. The number of benzene rings is 3. The molecule has 0 unspecified atom stereocenters.